The topological polar surface area (TPSA) is 64.3 Å². The molecule has 0 unspecified atom stereocenters. The molecule has 4 nitrogen and oxygen atoms in total. The van der Waals surface area contributed by atoms with Crippen molar-refractivity contribution in [2.75, 3.05) is 6.61 Å². The number of hydrogen-bond acceptors (Lipinski definition) is 3. The van der Waals surface area contributed by atoms with Crippen LogP contribution in [0, 0.1) is 5.82 Å². The lowest BCUT2D eigenvalue weighted by Crippen LogP contribution is -2.29. The number of benzene rings is 1. The smallest absolute Gasteiger partial charge is 0.233 e. The number of nitrogens with two attached hydrogens (primary N) is 1. The van der Waals surface area contributed by atoms with Crippen molar-refractivity contribution in [3.05, 3.63) is 28.5 Å². The van der Waals surface area contributed by atoms with E-state index >= 15 is 0 Å². The van der Waals surface area contributed by atoms with Crippen LogP contribution in [0.2, 0.25) is 0 Å². The third-order valence-corrected chi connectivity index (χ3v) is 2.77. The Morgan fingerprint density at radius 1 is 1.47 bits per heavy atom. The van der Waals surface area contributed by atoms with Gasteiger partial charge in [-0.2, -0.15) is 0 Å². The molecule has 0 fully saturated rings. The van der Waals surface area contributed by atoms with Crippen LogP contribution in [0.25, 0.3) is 0 Å². The standard InChI is InChI=1S/C11H14BrFN2O2/c12-9-5-4-8(13)7-10(9)17-6-2-1-3-11(16)15-14/h4-5,7H,1-3,6,14H2,(H,15,16). The van der Waals surface area contributed by atoms with Crippen LogP contribution < -0.4 is 16.0 Å². The second-order valence-electron chi connectivity index (χ2n) is 3.45. The summed E-state index contributed by atoms with van der Waals surface area (Å²) in [5, 5.41) is 0. The first kappa shape index (κ1) is 13.9. The summed E-state index contributed by atoms with van der Waals surface area (Å²) in [7, 11) is 0. The zero-order valence-corrected chi connectivity index (χ0v) is 10.8. The summed E-state index contributed by atoms with van der Waals surface area (Å²) in [6, 6.07) is 4.26. The summed E-state index contributed by atoms with van der Waals surface area (Å²) in [5.41, 5.74) is 2.05. The molecule has 94 valence electrons. The van der Waals surface area contributed by atoms with Crippen molar-refractivity contribution < 1.29 is 13.9 Å². The number of carbonyl (C=O) groups excluding carboxylic acids is 1. The minimum Gasteiger partial charge on any atom is -0.492 e. The van der Waals surface area contributed by atoms with Gasteiger partial charge in [0.05, 0.1) is 11.1 Å². The predicted octanol–water partition coefficient (Wildman–Crippen LogP) is 2.13. The van der Waals surface area contributed by atoms with E-state index in [9.17, 15) is 9.18 Å². The Morgan fingerprint density at radius 3 is 2.94 bits per heavy atom. The normalized spacial score (nSPS) is 10.1. The molecule has 0 aliphatic rings. The number of rotatable bonds is 6. The van der Waals surface area contributed by atoms with Crippen LogP contribution >= 0.6 is 15.9 Å². The highest BCUT2D eigenvalue weighted by molar-refractivity contribution is 9.10. The van der Waals surface area contributed by atoms with Crippen molar-refractivity contribution in [3.8, 4) is 5.75 Å². The maximum Gasteiger partial charge on any atom is 0.233 e. The number of halogens is 2. The van der Waals surface area contributed by atoms with Crippen LogP contribution in [-0.4, -0.2) is 12.5 Å². The van der Waals surface area contributed by atoms with Gasteiger partial charge in [0.2, 0.25) is 5.91 Å². The molecule has 0 aliphatic heterocycles. The lowest BCUT2D eigenvalue weighted by molar-refractivity contribution is -0.121. The third kappa shape index (κ3) is 5.14. The number of nitrogens with one attached hydrogen (secondary N) is 1. The predicted molar refractivity (Wildman–Crippen MR) is 65.8 cm³/mol. The molecule has 0 atom stereocenters. The van der Waals surface area contributed by atoms with Crippen LogP contribution in [0.1, 0.15) is 19.3 Å². The zero-order chi connectivity index (χ0) is 12.7. The van der Waals surface area contributed by atoms with Crippen molar-refractivity contribution in [1.82, 2.24) is 5.43 Å². The van der Waals surface area contributed by atoms with E-state index in [2.05, 4.69) is 21.4 Å². The fraction of sp³-hybridized carbons (Fsp3) is 0.364. The minimum absolute atomic E-state index is 0.197. The summed E-state index contributed by atoms with van der Waals surface area (Å²) < 4.78 is 19.0. The number of amides is 1. The summed E-state index contributed by atoms with van der Waals surface area (Å²) in [4.78, 5) is 10.8. The van der Waals surface area contributed by atoms with Gasteiger partial charge in [0, 0.05) is 12.5 Å². The molecule has 0 radical (unpaired) electrons. The van der Waals surface area contributed by atoms with Crippen LogP contribution in [-0.2, 0) is 4.79 Å². The van der Waals surface area contributed by atoms with E-state index in [1.54, 1.807) is 6.07 Å². The van der Waals surface area contributed by atoms with Gasteiger partial charge in [-0.3, -0.25) is 10.2 Å². The highest BCUT2D eigenvalue weighted by Crippen LogP contribution is 2.25. The molecule has 3 N–H and O–H groups in total. The van der Waals surface area contributed by atoms with E-state index in [0.717, 1.165) is 0 Å². The minimum atomic E-state index is -0.342. The Hall–Kier alpha value is -1.14. The molecule has 1 aromatic carbocycles. The highest BCUT2D eigenvalue weighted by atomic mass is 79.9. The van der Waals surface area contributed by atoms with Crippen LogP contribution in [0.4, 0.5) is 4.39 Å². The molecule has 0 aliphatic carbocycles. The lowest BCUT2D eigenvalue weighted by atomic mass is 10.2. The second kappa shape index (κ2) is 7.24. The van der Waals surface area contributed by atoms with Gasteiger partial charge in [-0.15, -0.1) is 0 Å². The van der Waals surface area contributed by atoms with E-state index in [-0.39, 0.29) is 11.7 Å². The quantitative estimate of drug-likeness (QED) is 0.366. The third-order valence-electron chi connectivity index (χ3n) is 2.11. The molecule has 0 spiro atoms. The maximum absolute atomic E-state index is 12.9. The maximum atomic E-state index is 12.9. The molecule has 1 amide bonds. The summed E-state index contributed by atoms with van der Waals surface area (Å²) in [5.74, 6) is 4.86. The fourth-order valence-corrected chi connectivity index (χ4v) is 1.59. The number of ether oxygens (including phenoxy) is 1. The van der Waals surface area contributed by atoms with Crippen molar-refractivity contribution in [1.29, 1.82) is 0 Å². The molecule has 0 bridgehead atoms. The van der Waals surface area contributed by atoms with Gasteiger partial charge in [-0.25, -0.2) is 10.2 Å². The molecule has 1 rings (SSSR count). The van der Waals surface area contributed by atoms with E-state index < -0.39 is 0 Å². The average Bonchev–Trinajstić information content (AvgIpc) is 2.32. The first-order valence-corrected chi connectivity index (χ1v) is 6.00. The Balaban J connectivity index is 2.26. The Labute approximate surface area is 107 Å². The van der Waals surface area contributed by atoms with Crippen molar-refractivity contribution in [2.45, 2.75) is 19.3 Å². The molecule has 0 aromatic heterocycles. The SMILES string of the molecule is NNC(=O)CCCCOc1cc(F)ccc1Br. The largest absolute Gasteiger partial charge is 0.492 e. The number of carbonyl (C=O) groups is 1. The van der Waals surface area contributed by atoms with E-state index in [1.165, 1.54) is 12.1 Å². The molecule has 0 saturated carbocycles. The Kier molecular flexibility index (Phi) is 5.93. The number of hydrogen-bond donors (Lipinski definition) is 2. The molecule has 6 heteroatoms. The zero-order valence-electron chi connectivity index (χ0n) is 9.21. The van der Waals surface area contributed by atoms with Crippen LogP contribution in [0.5, 0.6) is 5.75 Å². The van der Waals surface area contributed by atoms with Gasteiger partial charge >= 0.3 is 0 Å². The summed E-state index contributed by atoms with van der Waals surface area (Å²) in [6.07, 6.45) is 1.75. The van der Waals surface area contributed by atoms with Gasteiger partial charge in [-0.05, 0) is 40.9 Å². The second-order valence-corrected chi connectivity index (χ2v) is 4.30. The van der Waals surface area contributed by atoms with Gasteiger partial charge < -0.3 is 4.74 Å². The summed E-state index contributed by atoms with van der Waals surface area (Å²) in [6.45, 7) is 0.430. The van der Waals surface area contributed by atoms with E-state index in [4.69, 9.17) is 10.6 Å². The number of hydrazine groups is 1. The molecular formula is C11H14BrFN2O2. The fourth-order valence-electron chi connectivity index (χ4n) is 1.23. The van der Waals surface area contributed by atoms with Gasteiger partial charge in [-0.1, -0.05) is 0 Å². The van der Waals surface area contributed by atoms with Crippen molar-refractivity contribution >= 4 is 21.8 Å². The Morgan fingerprint density at radius 2 is 2.24 bits per heavy atom. The summed E-state index contributed by atoms with van der Waals surface area (Å²) >= 11 is 3.26. The first-order chi connectivity index (χ1) is 8.13. The van der Waals surface area contributed by atoms with Crippen LogP contribution in [0.3, 0.4) is 0 Å². The molecule has 17 heavy (non-hydrogen) atoms. The number of unbranched alkanes of at least 4 members (excludes halogenated alkanes) is 1. The van der Waals surface area contributed by atoms with E-state index in [1.807, 2.05) is 0 Å². The highest BCUT2D eigenvalue weighted by Gasteiger charge is 2.03. The van der Waals surface area contributed by atoms with Gasteiger partial charge in [0.15, 0.2) is 0 Å². The van der Waals surface area contributed by atoms with Gasteiger partial charge in [0.1, 0.15) is 11.6 Å². The van der Waals surface area contributed by atoms with Crippen LogP contribution in [0.15, 0.2) is 22.7 Å². The lowest BCUT2D eigenvalue weighted by Gasteiger charge is -2.07. The van der Waals surface area contributed by atoms with Crippen molar-refractivity contribution in [3.63, 3.8) is 0 Å². The average molecular weight is 305 g/mol. The van der Waals surface area contributed by atoms with Crippen molar-refractivity contribution in [2.24, 2.45) is 5.84 Å². The van der Waals surface area contributed by atoms with E-state index in [0.29, 0.717) is 36.1 Å². The monoisotopic (exact) mass is 304 g/mol. The first-order valence-electron chi connectivity index (χ1n) is 5.21. The molecule has 0 heterocycles. The molecular weight excluding hydrogens is 291 g/mol. The molecule has 1 aromatic rings. The molecule has 0 saturated heterocycles. The van der Waals surface area contributed by atoms with Gasteiger partial charge in [0.25, 0.3) is 0 Å². The Bertz CT molecular complexity index is 388.